The first-order chi connectivity index (χ1) is 15.8. The van der Waals surface area contributed by atoms with Crippen LogP contribution in [0.2, 0.25) is 0 Å². The summed E-state index contributed by atoms with van der Waals surface area (Å²) in [5.41, 5.74) is 3.68. The van der Waals surface area contributed by atoms with E-state index in [1.165, 1.54) is 23.0 Å². The number of aromatic nitrogens is 1. The van der Waals surface area contributed by atoms with Crippen molar-refractivity contribution in [2.24, 2.45) is 0 Å². The topological polar surface area (TPSA) is 46.3 Å². The van der Waals surface area contributed by atoms with Crippen LogP contribution in [0.15, 0.2) is 113 Å². The lowest BCUT2D eigenvalue weighted by atomic mass is 9.74. The van der Waals surface area contributed by atoms with Crippen molar-refractivity contribution in [1.29, 1.82) is 0 Å². The zero-order valence-electron chi connectivity index (χ0n) is 17.7. The molecule has 158 valence electrons. The van der Waals surface area contributed by atoms with Gasteiger partial charge in [0.05, 0.1) is 11.7 Å². The molecule has 32 heavy (non-hydrogen) atoms. The lowest BCUT2D eigenvalue weighted by Gasteiger charge is -2.47. The van der Waals surface area contributed by atoms with Gasteiger partial charge in [-0.1, -0.05) is 91.0 Å². The molecule has 1 aromatic heterocycles. The Morgan fingerprint density at radius 2 is 1.34 bits per heavy atom. The molecule has 0 spiro atoms. The molecule has 5 rings (SSSR count). The van der Waals surface area contributed by atoms with Crippen LogP contribution in [0.4, 0.5) is 0 Å². The van der Waals surface area contributed by atoms with Gasteiger partial charge in [0.25, 0.3) is 0 Å². The Morgan fingerprint density at radius 1 is 0.812 bits per heavy atom. The molecule has 1 fully saturated rings. The standard InChI is InChI=1S/C28H24N2O2/c31-26-16-18-30(21-22(26)20-27-29-17-19-32-27)28(23-10-4-1-5-11-23,24-12-6-2-7-13-24)25-14-8-3-9-15-25/h1-15,17,19-20H,16,18,21H2/b22-20-. The van der Waals surface area contributed by atoms with Gasteiger partial charge in [-0.2, -0.15) is 0 Å². The third-order valence-corrected chi connectivity index (χ3v) is 6.13. The van der Waals surface area contributed by atoms with Crippen molar-refractivity contribution >= 4 is 11.9 Å². The normalized spacial score (nSPS) is 16.4. The van der Waals surface area contributed by atoms with Gasteiger partial charge in [0.1, 0.15) is 6.26 Å². The fraction of sp³-hybridized carbons (Fsp3) is 0.143. The molecule has 0 N–H and O–H groups in total. The molecule has 2 heterocycles. The van der Waals surface area contributed by atoms with E-state index in [1.54, 1.807) is 12.3 Å². The van der Waals surface area contributed by atoms with Crippen LogP contribution in [-0.4, -0.2) is 28.8 Å². The van der Waals surface area contributed by atoms with Crippen molar-refractivity contribution in [2.75, 3.05) is 13.1 Å². The number of carbonyl (C=O) groups excluding carboxylic acids is 1. The summed E-state index contributed by atoms with van der Waals surface area (Å²) in [4.78, 5) is 19.4. The maximum absolute atomic E-state index is 12.8. The molecule has 0 aliphatic carbocycles. The second kappa shape index (κ2) is 8.77. The van der Waals surface area contributed by atoms with Crippen LogP contribution in [0.3, 0.4) is 0 Å². The van der Waals surface area contributed by atoms with Crippen LogP contribution < -0.4 is 0 Å². The SMILES string of the molecule is O=C1CCN(C(c2ccccc2)(c2ccccc2)c2ccccc2)C/C1=C/c1ncco1. The first kappa shape index (κ1) is 20.2. The molecule has 0 saturated carbocycles. The van der Waals surface area contributed by atoms with Crippen molar-refractivity contribution in [3.63, 3.8) is 0 Å². The highest BCUT2D eigenvalue weighted by Gasteiger charge is 2.44. The van der Waals surface area contributed by atoms with Gasteiger partial charge in [-0.3, -0.25) is 9.69 Å². The molecule has 0 atom stereocenters. The van der Waals surface area contributed by atoms with E-state index in [0.29, 0.717) is 31.0 Å². The number of carbonyl (C=O) groups is 1. The minimum Gasteiger partial charge on any atom is -0.445 e. The zero-order chi connectivity index (χ0) is 21.8. The van der Waals surface area contributed by atoms with Gasteiger partial charge in [0.15, 0.2) is 5.78 Å². The summed E-state index contributed by atoms with van der Waals surface area (Å²) in [7, 11) is 0. The van der Waals surface area contributed by atoms with Crippen LogP contribution in [0.1, 0.15) is 29.0 Å². The zero-order valence-corrected chi connectivity index (χ0v) is 17.7. The molecular formula is C28H24N2O2. The van der Waals surface area contributed by atoms with Crippen molar-refractivity contribution in [3.8, 4) is 0 Å². The molecule has 0 bridgehead atoms. The van der Waals surface area contributed by atoms with Crippen molar-refractivity contribution in [1.82, 2.24) is 9.88 Å². The highest BCUT2D eigenvalue weighted by molar-refractivity contribution is 6.00. The number of ketones is 1. The minimum atomic E-state index is -0.542. The maximum atomic E-state index is 12.8. The van der Waals surface area contributed by atoms with Crippen molar-refractivity contribution in [3.05, 3.63) is 132 Å². The second-order valence-corrected chi connectivity index (χ2v) is 7.94. The number of hydrogen-bond acceptors (Lipinski definition) is 4. The fourth-order valence-corrected chi connectivity index (χ4v) is 4.72. The average Bonchev–Trinajstić information content (AvgIpc) is 3.37. The fourth-order valence-electron chi connectivity index (χ4n) is 4.72. The van der Waals surface area contributed by atoms with Crippen LogP contribution in [0, 0.1) is 0 Å². The van der Waals surface area contributed by atoms with E-state index in [-0.39, 0.29) is 5.78 Å². The van der Waals surface area contributed by atoms with Crippen LogP contribution >= 0.6 is 0 Å². The first-order valence-electron chi connectivity index (χ1n) is 10.8. The Bertz CT molecular complexity index is 1100. The monoisotopic (exact) mass is 420 g/mol. The third kappa shape index (κ3) is 3.59. The van der Waals surface area contributed by atoms with Gasteiger partial charge in [-0.05, 0) is 16.7 Å². The smallest absolute Gasteiger partial charge is 0.218 e. The maximum Gasteiger partial charge on any atom is 0.218 e. The molecule has 1 aliphatic heterocycles. The predicted molar refractivity (Wildman–Crippen MR) is 125 cm³/mol. The van der Waals surface area contributed by atoms with E-state index in [0.717, 1.165) is 0 Å². The number of nitrogens with zero attached hydrogens (tertiary/aromatic N) is 2. The quantitative estimate of drug-likeness (QED) is 0.324. The minimum absolute atomic E-state index is 0.141. The molecule has 1 aliphatic rings. The number of piperidine rings is 1. The number of oxazole rings is 1. The molecule has 3 aromatic carbocycles. The van der Waals surface area contributed by atoms with Crippen molar-refractivity contribution in [2.45, 2.75) is 12.0 Å². The summed E-state index contributed by atoms with van der Waals surface area (Å²) in [6.45, 7) is 1.15. The van der Waals surface area contributed by atoms with E-state index >= 15 is 0 Å². The predicted octanol–water partition coefficient (Wildman–Crippen LogP) is 5.32. The first-order valence-corrected chi connectivity index (χ1v) is 10.8. The summed E-state index contributed by atoms with van der Waals surface area (Å²) in [6.07, 6.45) is 5.35. The Morgan fingerprint density at radius 3 is 1.81 bits per heavy atom. The molecule has 4 heteroatoms. The number of Topliss-reactive ketones (excluding diaryl/α,β-unsaturated/α-hetero) is 1. The lowest BCUT2D eigenvalue weighted by Crippen LogP contribution is -2.52. The van der Waals surface area contributed by atoms with Gasteiger partial charge in [-0.25, -0.2) is 4.98 Å². The summed E-state index contributed by atoms with van der Waals surface area (Å²) < 4.78 is 5.40. The summed E-state index contributed by atoms with van der Waals surface area (Å²) >= 11 is 0. The van der Waals surface area contributed by atoms with E-state index < -0.39 is 5.54 Å². The Hall–Kier alpha value is -3.76. The van der Waals surface area contributed by atoms with Crippen molar-refractivity contribution < 1.29 is 9.21 Å². The Balaban J connectivity index is 1.72. The Kier molecular flexibility index (Phi) is 5.53. The summed E-state index contributed by atoms with van der Waals surface area (Å²) in [6, 6.07) is 31.6. The van der Waals surface area contributed by atoms with E-state index in [1.807, 2.05) is 18.2 Å². The van der Waals surface area contributed by atoms with Crippen LogP contribution in [0.25, 0.3) is 6.08 Å². The summed E-state index contributed by atoms with van der Waals surface area (Å²) in [5.74, 6) is 0.600. The highest BCUT2D eigenvalue weighted by atomic mass is 16.3. The molecule has 4 nitrogen and oxygen atoms in total. The number of likely N-dealkylation sites (tertiary alicyclic amines) is 1. The molecule has 0 amide bonds. The van der Waals surface area contributed by atoms with Crippen LogP contribution in [0.5, 0.6) is 0 Å². The highest BCUT2D eigenvalue weighted by Crippen LogP contribution is 2.43. The molecule has 0 radical (unpaired) electrons. The number of hydrogen-bond donors (Lipinski definition) is 0. The van der Waals surface area contributed by atoms with Gasteiger partial charge in [0, 0.05) is 31.2 Å². The number of rotatable bonds is 5. The molecule has 1 saturated heterocycles. The Labute approximate surface area is 187 Å². The van der Waals surface area contributed by atoms with E-state index in [4.69, 9.17) is 4.42 Å². The largest absolute Gasteiger partial charge is 0.445 e. The lowest BCUT2D eigenvalue weighted by molar-refractivity contribution is -0.117. The second-order valence-electron chi connectivity index (χ2n) is 7.94. The van der Waals surface area contributed by atoms with E-state index in [9.17, 15) is 4.79 Å². The number of benzene rings is 3. The molecule has 4 aromatic rings. The molecular weight excluding hydrogens is 396 g/mol. The average molecular weight is 421 g/mol. The van der Waals surface area contributed by atoms with Gasteiger partial charge in [-0.15, -0.1) is 0 Å². The summed E-state index contributed by atoms with van der Waals surface area (Å²) in [5, 5.41) is 0. The van der Waals surface area contributed by atoms with Gasteiger partial charge < -0.3 is 4.42 Å². The molecule has 0 unspecified atom stereocenters. The van der Waals surface area contributed by atoms with Gasteiger partial charge in [0.2, 0.25) is 5.89 Å². The van der Waals surface area contributed by atoms with Crippen LogP contribution in [-0.2, 0) is 10.3 Å². The van der Waals surface area contributed by atoms with Gasteiger partial charge >= 0.3 is 0 Å². The third-order valence-electron chi connectivity index (χ3n) is 6.13. The van der Waals surface area contributed by atoms with E-state index in [2.05, 4.69) is 82.7 Å².